The molecule has 0 saturated carbocycles. The Labute approximate surface area is 412 Å². The van der Waals surface area contributed by atoms with Crippen LogP contribution < -0.4 is 46.4 Å². The molecule has 2 nitrogen and oxygen atoms in total. The molecule has 0 fully saturated rings. The van der Waals surface area contributed by atoms with Crippen LogP contribution in [0.1, 0.15) is 0 Å². The van der Waals surface area contributed by atoms with E-state index in [4.69, 9.17) is 0 Å². The Hall–Kier alpha value is -8.55. The minimum Gasteiger partial charge on any atom is -0.311 e. The predicted molar refractivity (Wildman–Crippen MR) is 303 cm³/mol. The normalized spacial score (nSPS) is 11.7. The molecule has 0 amide bonds. The molecule has 0 spiro atoms. The lowest BCUT2D eigenvalue weighted by Gasteiger charge is -2.34. The summed E-state index contributed by atoms with van der Waals surface area (Å²) in [4.78, 5) is 2.33. The Balaban J connectivity index is 1.16. The molecule has 0 N–H and O–H groups in total. The van der Waals surface area contributed by atoms with E-state index in [0.717, 1.165) is 22.7 Å². The van der Waals surface area contributed by atoms with Gasteiger partial charge in [0.15, 0.2) is 16.1 Å². The van der Waals surface area contributed by atoms with E-state index in [1.807, 2.05) is 0 Å². The quantitative estimate of drug-likeness (QED) is 0.0876. The van der Waals surface area contributed by atoms with Gasteiger partial charge in [0.2, 0.25) is 0 Å². The molecule has 12 rings (SSSR count). The summed E-state index contributed by atoms with van der Waals surface area (Å²) < 4.78 is 2.49. The van der Waals surface area contributed by atoms with Gasteiger partial charge in [0.1, 0.15) is 0 Å². The summed E-state index contributed by atoms with van der Waals surface area (Å²) in [6.45, 7) is 0. The Kier molecular flexibility index (Phi) is 11.3. The number of benzene rings is 11. The first-order chi connectivity index (χ1) is 34.7. The summed E-state index contributed by atoms with van der Waals surface area (Å²) in [6.07, 6.45) is 0. The first-order valence-electron chi connectivity index (χ1n) is 24.2. The highest BCUT2D eigenvalue weighted by atomic mass is 28.3. The van der Waals surface area contributed by atoms with Crippen LogP contribution in [-0.2, 0) is 0 Å². The predicted octanol–water partition coefficient (Wildman–Crippen LogP) is 11.0. The van der Waals surface area contributed by atoms with Gasteiger partial charge in [-0.2, -0.15) is 0 Å². The van der Waals surface area contributed by atoms with Crippen LogP contribution in [0.15, 0.2) is 303 Å². The molecule has 0 aliphatic carbocycles. The SMILES string of the molecule is c1ccc(N(c2ccccc2)c2ccc(-n3c4ccc([Si](c5ccccc5)(c5ccccc5)c5ccccc5)cc4c4cc([Si](c5ccccc5)(c5ccccc5)c5ccccc5)ccc43)cc2)cc1. The summed E-state index contributed by atoms with van der Waals surface area (Å²) in [5, 5.41) is 13.3. The van der Waals surface area contributed by atoms with Crippen molar-refractivity contribution in [1.29, 1.82) is 0 Å². The number of hydrogen-bond acceptors (Lipinski definition) is 1. The lowest BCUT2D eigenvalue weighted by Crippen LogP contribution is -2.74. The van der Waals surface area contributed by atoms with Crippen molar-refractivity contribution in [2.45, 2.75) is 0 Å². The lowest BCUT2D eigenvalue weighted by molar-refractivity contribution is 1.17. The third-order valence-electron chi connectivity index (χ3n) is 14.3. The van der Waals surface area contributed by atoms with Gasteiger partial charge in [0.25, 0.3) is 0 Å². The Bertz CT molecular complexity index is 3250. The summed E-state index contributed by atoms with van der Waals surface area (Å²) in [7, 11) is -5.75. The zero-order valence-corrected chi connectivity index (χ0v) is 40.8. The van der Waals surface area contributed by atoms with Crippen molar-refractivity contribution in [2.75, 3.05) is 4.90 Å². The van der Waals surface area contributed by atoms with Crippen LogP contribution in [0.5, 0.6) is 0 Å². The second-order valence-electron chi connectivity index (χ2n) is 18.0. The minimum absolute atomic E-state index is 1.10. The van der Waals surface area contributed by atoms with E-state index in [2.05, 4.69) is 313 Å². The second kappa shape index (κ2) is 18.5. The number of hydrogen-bond donors (Lipinski definition) is 0. The van der Waals surface area contributed by atoms with E-state index in [0.29, 0.717) is 0 Å². The van der Waals surface area contributed by atoms with Crippen LogP contribution in [0.3, 0.4) is 0 Å². The molecular weight excluding hydrogens is 877 g/mol. The highest BCUT2D eigenvalue weighted by Gasteiger charge is 2.43. The summed E-state index contributed by atoms with van der Waals surface area (Å²) in [6, 6.07) is 113. The maximum Gasteiger partial charge on any atom is 0.179 e. The number of nitrogens with zero attached hydrogens (tertiary/aromatic N) is 2. The van der Waals surface area contributed by atoms with Crippen LogP contribution in [-0.4, -0.2) is 20.7 Å². The van der Waals surface area contributed by atoms with Crippen molar-refractivity contribution >= 4 is 96.5 Å². The molecule has 0 aliphatic rings. The maximum absolute atomic E-state index is 2.87. The van der Waals surface area contributed by atoms with E-state index in [9.17, 15) is 0 Å². The molecule has 70 heavy (non-hydrogen) atoms. The minimum atomic E-state index is -2.87. The van der Waals surface area contributed by atoms with Gasteiger partial charge in [-0.1, -0.05) is 243 Å². The Morgan fingerprint density at radius 3 is 0.771 bits per heavy atom. The van der Waals surface area contributed by atoms with Crippen LogP contribution in [0.25, 0.3) is 27.5 Å². The number of para-hydroxylation sites is 2. The van der Waals surface area contributed by atoms with Crippen molar-refractivity contribution in [2.24, 2.45) is 0 Å². The summed E-state index contributed by atoms with van der Waals surface area (Å²) in [5.74, 6) is 0. The zero-order valence-electron chi connectivity index (χ0n) is 38.8. The fourth-order valence-electron chi connectivity index (χ4n) is 11.2. The number of rotatable bonds is 12. The lowest BCUT2D eigenvalue weighted by atomic mass is 10.1. The van der Waals surface area contributed by atoms with Crippen molar-refractivity contribution in [3.8, 4) is 5.69 Å². The first kappa shape index (κ1) is 42.8. The number of aromatic nitrogens is 1. The molecule has 1 aromatic heterocycles. The Morgan fingerprint density at radius 1 is 0.229 bits per heavy atom. The molecule has 332 valence electrons. The zero-order chi connectivity index (χ0) is 46.7. The first-order valence-corrected chi connectivity index (χ1v) is 28.2. The van der Waals surface area contributed by atoms with E-state index >= 15 is 0 Å². The highest BCUT2D eigenvalue weighted by molar-refractivity contribution is 7.20. The average molecular weight is 927 g/mol. The van der Waals surface area contributed by atoms with Gasteiger partial charge in [-0.3, -0.25) is 0 Å². The summed E-state index contributed by atoms with van der Waals surface area (Å²) >= 11 is 0. The van der Waals surface area contributed by atoms with Crippen LogP contribution in [0, 0.1) is 0 Å². The van der Waals surface area contributed by atoms with E-state index < -0.39 is 16.1 Å². The van der Waals surface area contributed by atoms with Gasteiger partial charge in [-0.15, -0.1) is 0 Å². The van der Waals surface area contributed by atoms with E-state index in [1.54, 1.807) is 0 Å². The highest BCUT2D eigenvalue weighted by Crippen LogP contribution is 2.37. The molecule has 12 aromatic rings. The average Bonchev–Trinajstić information content (AvgIpc) is 3.77. The fourth-order valence-corrected chi connectivity index (χ4v) is 20.8. The van der Waals surface area contributed by atoms with Gasteiger partial charge in [-0.25, -0.2) is 0 Å². The van der Waals surface area contributed by atoms with Crippen LogP contribution >= 0.6 is 0 Å². The largest absolute Gasteiger partial charge is 0.311 e. The molecule has 4 heteroatoms. The monoisotopic (exact) mass is 926 g/mol. The van der Waals surface area contributed by atoms with Gasteiger partial charge >= 0.3 is 0 Å². The smallest absolute Gasteiger partial charge is 0.179 e. The van der Waals surface area contributed by atoms with Crippen molar-refractivity contribution < 1.29 is 0 Å². The third kappa shape index (κ3) is 7.24. The Morgan fingerprint density at radius 2 is 0.486 bits per heavy atom. The summed E-state index contributed by atoms with van der Waals surface area (Å²) in [5.41, 5.74) is 6.79. The molecule has 11 aromatic carbocycles. The molecule has 0 aliphatic heterocycles. The van der Waals surface area contributed by atoms with Crippen LogP contribution in [0.2, 0.25) is 0 Å². The fraction of sp³-hybridized carbons (Fsp3) is 0. The van der Waals surface area contributed by atoms with Gasteiger partial charge in [-0.05, 0) is 102 Å². The van der Waals surface area contributed by atoms with Gasteiger partial charge < -0.3 is 9.47 Å². The van der Waals surface area contributed by atoms with Gasteiger partial charge in [0, 0.05) is 33.5 Å². The molecule has 0 unspecified atom stereocenters. The molecule has 0 atom stereocenters. The molecule has 1 heterocycles. The molecule has 0 saturated heterocycles. The van der Waals surface area contributed by atoms with Crippen molar-refractivity contribution in [3.05, 3.63) is 303 Å². The van der Waals surface area contributed by atoms with Crippen LogP contribution in [0.4, 0.5) is 17.1 Å². The number of fused-ring (bicyclic) bond motifs is 3. The van der Waals surface area contributed by atoms with E-state index in [-0.39, 0.29) is 0 Å². The number of anilines is 3. The maximum atomic E-state index is 2.56. The molecular formula is C66H50N2Si2. The third-order valence-corrected chi connectivity index (χ3v) is 23.8. The van der Waals surface area contributed by atoms with Gasteiger partial charge in [0.05, 0.1) is 11.0 Å². The van der Waals surface area contributed by atoms with Crippen molar-refractivity contribution in [1.82, 2.24) is 4.57 Å². The standard InChI is InChI=1S/C66H50N2Si2/c1-9-25-51(26-10-1)67(52-27-11-2-12-28-52)53-41-43-54(44-42-53)68-65-47-45-61(69(55-29-13-3-14-30-55,56-31-15-4-16-32-56)57-33-17-5-18-34-57)49-63(65)64-50-62(46-48-66(64)68)70(58-35-19-6-20-36-58,59-37-21-7-22-38-59)60-39-23-8-24-40-60/h1-50H. The second-order valence-corrected chi connectivity index (χ2v) is 25.6. The molecule has 0 bridgehead atoms. The molecule has 0 radical (unpaired) electrons. The van der Waals surface area contributed by atoms with Crippen molar-refractivity contribution in [3.63, 3.8) is 0 Å². The van der Waals surface area contributed by atoms with E-state index in [1.165, 1.54) is 63.3 Å². The topological polar surface area (TPSA) is 8.17 Å².